The lowest BCUT2D eigenvalue weighted by atomic mass is 10.0. The summed E-state index contributed by atoms with van der Waals surface area (Å²) in [6.07, 6.45) is 0. The predicted molar refractivity (Wildman–Crippen MR) is 150 cm³/mol. The van der Waals surface area contributed by atoms with Crippen LogP contribution >= 0.6 is 23.2 Å². The van der Waals surface area contributed by atoms with Crippen molar-refractivity contribution in [3.05, 3.63) is 128 Å². The van der Waals surface area contributed by atoms with E-state index in [1.807, 2.05) is 10.9 Å². The molecule has 0 fully saturated rings. The van der Waals surface area contributed by atoms with E-state index in [2.05, 4.69) is 0 Å². The minimum Gasteiger partial charge on any atom is -0.479 e. The zero-order chi connectivity index (χ0) is 32.0. The summed E-state index contributed by atoms with van der Waals surface area (Å²) in [5, 5.41) is -0.657. The standard InChI is InChI=1S/C30H18Cl2F4N2O6/c31-21-9-17(27(41)15-1-5-19(33)6-2-15)11-23(35)29(21)43-13-25(39)37-38-26(40)14-44-30-22(32)10-18(12-24(30)36)28(42)16-3-7-20(34)8-4-16/h1-12H,13-14H2,(H,37,39)(H,38,40). The fourth-order valence-electron chi connectivity index (χ4n) is 3.68. The van der Waals surface area contributed by atoms with Gasteiger partial charge < -0.3 is 9.47 Å². The van der Waals surface area contributed by atoms with Crippen molar-refractivity contribution in [1.82, 2.24) is 10.9 Å². The Morgan fingerprint density at radius 2 is 0.886 bits per heavy atom. The van der Waals surface area contributed by atoms with Crippen LogP contribution < -0.4 is 20.3 Å². The molecule has 0 bridgehead atoms. The molecule has 4 aromatic carbocycles. The number of amides is 2. The molecule has 0 aromatic heterocycles. The van der Waals surface area contributed by atoms with Gasteiger partial charge in [-0.3, -0.25) is 30.0 Å². The fraction of sp³-hybridized carbons (Fsp3) is 0.0667. The summed E-state index contributed by atoms with van der Waals surface area (Å²) in [6, 6.07) is 13.0. The highest BCUT2D eigenvalue weighted by Gasteiger charge is 2.20. The zero-order valence-corrected chi connectivity index (χ0v) is 23.6. The van der Waals surface area contributed by atoms with Gasteiger partial charge >= 0.3 is 0 Å². The summed E-state index contributed by atoms with van der Waals surface area (Å²) >= 11 is 12.0. The van der Waals surface area contributed by atoms with Gasteiger partial charge in [-0.1, -0.05) is 23.2 Å². The number of hydrogen-bond donors (Lipinski definition) is 2. The van der Waals surface area contributed by atoms with Gasteiger partial charge in [0.2, 0.25) is 0 Å². The van der Waals surface area contributed by atoms with Crippen molar-refractivity contribution in [3.63, 3.8) is 0 Å². The minimum absolute atomic E-state index is 0.0913. The summed E-state index contributed by atoms with van der Waals surface area (Å²) < 4.78 is 65.5. The Morgan fingerprint density at radius 3 is 1.20 bits per heavy atom. The number of carbonyl (C=O) groups is 4. The van der Waals surface area contributed by atoms with Crippen molar-refractivity contribution in [2.45, 2.75) is 0 Å². The van der Waals surface area contributed by atoms with Gasteiger partial charge in [-0.25, -0.2) is 17.6 Å². The molecule has 0 aliphatic rings. The second kappa shape index (κ2) is 14.0. The van der Waals surface area contributed by atoms with Gasteiger partial charge in [0, 0.05) is 22.3 Å². The van der Waals surface area contributed by atoms with E-state index in [1.54, 1.807) is 0 Å². The lowest BCUT2D eigenvalue weighted by Gasteiger charge is -2.13. The number of nitrogens with one attached hydrogen (secondary N) is 2. The van der Waals surface area contributed by atoms with Gasteiger partial charge in [0.1, 0.15) is 11.6 Å². The molecule has 0 saturated carbocycles. The molecule has 2 N–H and O–H groups in total. The number of hydrazine groups is 1. The fourth-order valence-corrected chi connectivity index (χ4v) is 4.21. The van der Waals surface area contributed by atoms with E-state index in [-0.39, 0.29) is 32.3 Å². The molecule has 0 radical (unpaired) electrons. The molecule has 0 aliphatic heterocycles. The highest BCUT2D eigenvalue weighted by molar-refractivity contribution is 6.33. The largest absolute Gasteiger partial charge is 0.479 e. The number of carbonyl (C=O) groups excluding carboxylic acids is 4. The van der Waals surface area contributed by atoms with Gasteiger partial charge in [-0.15, -0.1) is 0 Å². The van der Waals surface area contributed by atoms with Crippen LogP contribution in [0.25, 0.3) is 0 Å². The van der Waals surface area contributed by atoms with Crippen molar-refractivity contribution >= 4 is 46.6 Å². The summed E-state index contributed by atoms with van der Waals surface area (Å²) in [5.74, 6) is -7.47. The molecule has 0 saturated heterocycles. The molecule has 0 aliphatic carbocycles. The maximum absolute atomic E-state index is 14.6. The second-order valence-electron chi connectivity index (χ2n) is 8.88. The van der Waals surface area contributed by atoms with Crippen molar-refractivity contribution in [2.24, 2.45) is 0 Å². The van der Waals surface area contributed by atoms with Crippen LogP contribution in [0.5, 0.6) is 11.5 Å². The van der Waals surface area contributed by atoms with Crippen LogP contribution in [-0.2, 0) is 9.59 Å². The number of rotatable bonds is 10. The molecule has 8 nitrogen and oxygen atoms in total. The van der Waals surface area contributed by atoms with E-state index < -0.39 is 71.4 Å². The smallest absolute Gasteiger partial charge is 0.276 e. The molecular formula is C30H18Cl2F4N2O6. The molecule has 0 atom stereocenters. The Labute approximate surface area is 256 Å². The lowest BCUT2D eigenvalue weighted by Crippen LogP contribution is -2.45. The quantitative estimate of drug-likeness (QED) is 0.131. The number of ketones is 2. The lowest BCUT2D eigenvalue weighted by molar-refractivity contribution is -0.131. The number of benzene rings is 4. The third kappa shape index (κ3) is 7.91. The van der Waals surface area contributed by atoms with Crippen molar-refractivity contribution in [1.29, 1.82) is 0 Å². The first-order valence-corrected chi connectivity index (χ1v) is 13.1. The Kier molecular flexibility index (Phi) is 10.2. The van der Waals surface area contributed by atoms with E-state index >= 15 is 0 Å². The summed E-state index contributed by atoms with van der Waals surface area (Å²) in [6.45, 7) is -1.62. The molecule has 0 heterocycles. The number of halogens is 6. The maximum atomic E-state index is 14.6. The Balaban J connectivity index is 1.27. The molecular weight excluding hydrogens is 631 g/mol. The Bertz CT molecular complexity index is 1580. The van der Waals surface area contributed by atoms with Gasteiger partial charge in [0.05, 0.1) is 10.0 Å². The van der Waals surface area contributed by atoms with Crippen molar-refractivity contribution < 1.29 is 46.2 Å². The van der Waals surface area contributed by atoms with E-state index in [1.165, 1.54) is 24.3 Å². The van der Waals surface area contributed by atoms with Gasteiger partial charge in [0.25, 0.3) is 11.8 Å². The van der Waals surface area contributed by atoms with Crippen LogP contribution in [0.4, 0.5) is 17.6 Å². The van der Waals surface area contributed by atoms with Crippen LogP contribution in [-0.4, -0.2) is 36.6 Å². The maximum Gasteiger partial charge on any atom is 0.276 e. The van der Waals surface area contributed by atoms with E-state index in [0.29, 0.717) is 0 Å². The minimum atomic E-state index is -1.06. The van der Waals surface area contributed by atoms with Gasteiger partial charge in [0.15, 0.2) is 47.9 Å². The summed E-state index contributed by atoms with van der Waals surface area (Å²) in [7, 11) is 0. The highest BCUT2D eigenvalue weighted by atomic mass is 35.5. The normalized spacial score (nSPS) is 10.6. The third-order valence-electron chi connectivity index (χ3n) is 5.77. The van der Waals surface area contributed by atoms with Crippen LogP contribution in [0.15, 0.2) is 72.8 Å². The average molecular weight is 649 g/mol. The molecule has 0 unspecified atom stereocenters. The summed E-state index contributed by atoms with van der Waals surface area (Å²) in [4.78, 5) is 49.2. The number of ether oxygens (including phenoxy) is 2. The van der Waals surface area contributed by atoms with Gasteiger partial charge in [-0.2, -0.15) is 0 Å². The molecule has 226 valence electrons. The van der Waals surface area contributed by atoms with Crippen LogP contribution in [0.2, 0.25) is 10.0 Å². The molecule has 4 aromatic rings. The van der Waals surface area contributed by atoms with Gasteiger partial charge in [-0.05, 0) is 72.8 Å². The first kappa shape index (κ1) is 32.0. The van der Waals surface area contributed by atoms with Crippen LogP contribution in [0.1, 0.15) is 31.8 Å². The first-order chi connectivity index (χ1) is 20.9. The molecule has 0 spiro atoms. The van der Waals surface area contributed by atoms with Crippen molar-refractivity contribution in [3.8, 4) is 11.5 Å². The molecule has 14 heteroatoms. The third-order valence-corrected chi connectivity index (χ3v) is 6.33. The average Bonchev–Trinajstić information content (AvgIpc) is 2.99. The first-order valence-electron chi connectivity index (χ1n) is 12.3. The molecule has 4 rings (SSSR count). The van der Waals surface area contributed by atoms with Crippen molar-refractivity contribution in [2.75, 3.05) is 13.2 Å². The monoisotopic (exact) mass is 648 g/mol. The van der Waals surface area contributed by atoms with E-state index in [9.17, 15) is 36.7 Å². The van der Waals surface area contributed by atoms with E-state index in [4.69, 9.17) is 32.7 Å². The second-order valence-corrected chi connectivity index (χ2v) is 9.70. The summed E-state index contributed by atoms with van der Waals surface area (Å²) in [5.41, 5.74) is 3.83. The molecule has 44 heavy (non-hydrogen) atoms. The Hall–Kier alpha value is -4.94. The number of hydrogen-bond acceptors (Lipinski definition) is 6. The predicted octanol–water partition coefficient (Wildman–Crippen LogP) is 5.62. The SMILES string of the molecule is O=C(COc1c(F)cc(C(=O)c2ccc(F)cc2)cc1Cl)NNC(=O)COc1c(F)cc(C(=O)c2ccc(F)cc2)cc1Cl. The van der Waals surface area contributed by atoms with E-state index in [0.717, 1.165) is 48.5 Å². The Morgan fingerprint density at radius 1 is 0.545 bits per heavy atom. The van der Waals surface area contributed by atoms with Crippen LogP contribution in [0.3, 0.4) is 0 Å². The topological polar surface area (TPSA) is 111 Å². The zero-order valence-electron chi connectivity index (χ0n) is 22.1. The van der Waals surface area contributed by atoms with Crippen LogP contribution in [0, 0.1) is 23.3 Å². The highest BCUT2D eigenvalue weighted by Crippen LogP contribution is 2.31. The molecule has 2 amide bonds.